The van der Waals surface area contributed by atoms with Crippen molar-refractivity contribution in [3.63, 3.8) is 0 Å². The summed E-state index contributed by atoms with van der Waals surface area (Å²) in [6.07, 6.45) is 17.8. The molecular weight excluding hydrogens is 400 g/mol. The summed E-state index contributed by atoms with van der Waals surface area (Å²) in [5, 5.41) is 22.7. The Morgan fingerprint density at radius 1 is 0.613 bits per heavy atom. The molecule has 0 saturated carbocycles. The average Bonchev–Trinajstić information content (AvgIpc) is 2.82. The van der Waals surface area contributed by atoms with E-state index in [2.05, 4.69) is 12.2 Å². The number of hydrogen-bond donors (Lipinski definition) is 2. The van der Waals surface area contributed by atoms with E-state index in [1.54, 1.807) is 0 Å². The van der Waals surface area contributed by atoms with Gasteiger partial charge in [0, 0.05) is 11.8 Å². The van der Waals surface area contributed by atoms with Crippen LogP contribution in [0.1, 0.15) is 24.0 Å². The summed E-state index contributed by atoms with van der Waals surface area (Å²) < 4.78 is 0. The summed E-state index contributed by atoms with van der Waals surface area (Å²) >= 11 is 1.89. The van der Waals surface area contributed by atoms with Crippen molar-refractivity contribution in [2.24, 2.45) is 11.8 Å². The van der Waals surface area contributed by atoms with Crippen LogP contribution in [0, 0.1) is 11.8 Å². The van der Waals surface area contributed by atoms with Crippen LogP contribution in [0.4, 0.5) is 0 Å². The Kier molecular flexibility index (Phi) is 6.96. The summed E-state index contributed by atoms with van der Waals surface area (Å²) in [6.45, 7) is 0. The normalized spacial score (nSPS) is 29.4. The van der Waals surface area contributed by atoms with Crippen LogP contribution in [-0.2, 0) is 11.2 Å². The molecule has 0 fully saturated rings. The quantitative estimate of drug-likeness (QED) is 0.523. The second kappa shape index (κ2) is 9.86. The van der Waals surface area contributed by atoms with Crippen LogP contribution in [0.3, 0.4) is 0 Å². The van der Waals surface area contributed by atoms with Gasteiger partial charge in [0.15, 0.2) is 0 Å². The second-order valence-corrected chi connectivity index (χ2v) is 9.50. The molecule has 0 saturated heterocycles. The van der Waals surface area contributed by atoms with Crippen molar-refractivity contribution in [1.29, 1.82) is 0 Å². The highest BCUT2D eigenvalue weighted by Gasteiger charge is 2.36. The smallest absolute Gasteiger partial charge is 0.114 e. The van der Waals surface area contributed by atoms with Crippen molar-refractivity contribution in [2.45, 2.75) is 24.0 Å². The van der Waals surface area contributed by atoms with Crippen molar-refractivity contribution in [2.75, 3.05) is 11.5 Å². The van der Waals surface area contributed by atoms with Gasteiger partial charge in [0.25, 0.3) is 0 Å². The van der Waals surface area contributed by atoms with Crippen LogP contribution in [-0.4, -0.2) is 21.7 Å². The SMILES string of the molecule is OC1(c2ccccc2)C=CC=CC1CCSCCC1C=CC=CC1(O)c1ccccc1. The fraction of sp³-hybridized carbons (Fsp3) is 0.286. The molecule has 2 N–H and O–H groups in total. The Morgan fingerprint density at radius 2 is 1.03 bits per heavy atom. The Labute approximate surface area is 189 Å². The zero-order valence-electron chi connectivity index (χ0n) is 17.7. The van der Waals surface area contributed by atoms with Gasteiger partial charge in [-0.25, -0.2) is 0 Å². The second-order valence-electron chi connectivity index (χ2n) is 8.27. The lowest BCUT2D eigenvalue weighted by Crippen LogP contribution is -2.34. The first-order valence-corrected chi connectivity index (χ1v) is 12.1. The first-order chi connectivity index (χ1) is 15.1. The molecule has 4 unspecified atom stereocenters. The third kappa shape index (κ3) is 4.79. The van der Waals surface area contributed by atoms with Gasteiger partial charge in [0.05, 0.1) is 0 Å². The van der Waals surface area contributed by atoms with Gasteiger partial charge in [-0.05, 0) is 47.6 Å². The number of thioether (sulfide) groups is 1. The lowest BCUT2D eigenvalue weighted by Gasteiger charge is -2.35. The fourth-order valence-electron chi connectivity index (χ4n) is 4.53. The van der Waals surface area contributed by atoms with Gasteiger partial charge in [-0.3, -0.25) is 0 Å². The molecule has 0 spiro atoms. The Balaban J connectivity index is 1.32. The minimum atomic E-state index is -0.943. The summed E-state index contributed by atoms with van der Waals surface area (Å²) in [4.78, 5) is 0. The minimum absolute atomic E-state index is 0.0613. The van der Waals surface area contributed by atoms with E-state index in [4.69, 9.17) is 0 Å². The standard InChI is InChI=1S/C28H30O2S/c29-27(23-11-3-1-4-12-23)19-9-7-15-25(27)17-21-31-22-18-26-16-8-10-20-28(26,30)24-13-5-2-6-14-24/h1-16,19-20,25-26,29-30H,17-18,21-22H2. The largest absolute Gasteiger partial charge is 0.380 e. The molecule has 2 aliphatic rings. The van der Waals surface area contributed by atoms with Crippen molar-refractivity contribution >= 4 is 11.8 Å². The molecule has 31 heavy (non-hydrogen) atoms. The van der Waals surface area contributed by atoms with Gasteiger partial charge < -0.3 is 10.2 Å². The molecule has 2 aliphatic carbocycles. The molecule has 3 heteroatoms. The molecule has 2 aromatic rings. The van der Waals surface area contributed by atoms with E-state index in [9.17, 15) is 10.2 Å². The Morgan fingerprint density at radius 3 is 1.45 bits per heavy atom. The topological polar surface area (TPSA) is 40.5 Å². The van der Waals surface area contributed by atoms with E-state index in [0.717, 1.165) is 35.5 Å². The highest BCUT2D eigenvalue weighted by molar-refractivity contribution is 7.99. The van der Waals surface area contributed by atoms with E-state index in [-0.39, 0.29) is 11.8 Å². The van der Waals surface area contributed by atoms with E-state index in [0.29, 0.717) is 0 Å². The maximum absolute atomic E-state index is 11.4. The monoisotopic (exact) mass is 430 g/mol. The van der Waals surface area contributed by atoms with Crippen molar-refractivity contribution < 1.29 is 10.2 Å². The Hall–Kier alpha value is -2.33. The van der Waals surface area contributed by atoms with Crippen LogP contribution in [0.2, 0.25) is 0 Å². The van der Waals surface area contributed by atoms with E-state index < -0.39 is 11.2 Å². The lowest BCUT2D eigenvalue weighted by molar-refractivity contribution is 0.0416. The maximum Gasteiger partial charge on any atom is 0.114 e. The predicted octanol–water partition coefficient (Wildman–Crippen LogP) is 5.76. The van der Waals surface area contributed by atoms with E-state index in [1.165, 1.54) is 0 Å². The number of rotatable bonds is 8. The molecule has 0 radical (unpaired) electrons. The zero-order chi connectivity index (χ0) is 21.6. The predicted molar refractivity (Wildman–Crippen MR) is 131 cm³/mol. The average molecular weight is 431 g/mol. The molecule has 0 heterocycles. The van der Waals surface area contributed by atoms with Crippen LogP contribution < -0.4 is 0 Å². The summed E-state index contributed by atoms with van der Waals surface area (Å²) in [5.74, 6) is 2.06. The van der Waals surface area contributed by atoms with Crippen LogP contribution in [0.5, 0.6) is 0 Å². The maximum atomic E-state index is 11.4. The molecule has 4 atom stereocenters. The molecule has 2 nitrogen and oxygen atoms in total. The van der Waals surface area contributed by atoms with Crippen LogP contribution in [0.15, 0.2) is 109 Å². The third-order valence-electron chi connectivity index (χ3n) is 6.36. The number of allylic oxidation sites excluding steroid dienone is 4. The molecular formula is C28H30O2S. The van der Waals surface area contributed by atoms with Gasteiger partial charge in [0.1, 0.15) is 11.2 Å². The number of benzene rings is 2. The van der Waals surface area contributed by atoms with Crippen molar-refractivity contribution in [3.05, 3.63) is 120 Å². The zero-order valence-corrected chi connectivity index (χ0v) is 18.5. The lowest BCUT2D eigenvalue weighted by atomic mass is 9.77. The molecule has 2 aromatic carbocycles. The fourth-order valence-corrected chi connectivity index (χ4v) is 5.57. The summed E-state index contributed by atoms with van der Waals surface area (Å²) in [5.41, 5.74) is -0.00229. The summed E-state index contributed by atoms with van der Waals surface area (Å²) in [7, 11) is 0. The third-order valence-corrected chi connectivity index (χ3v) is 7.41. The van der Waals surface area contributed by atoms with Gasteiger partial charge in [-0.15, -0.1) is 0 Å². The number of aliphatic hydroxyl groups is 2. The highest BCUT2D eigenvalue weighted by Crippen LogP contribution is 2.39. The summed E-state index contributed by atoms with van der Waals surface area (Å²) in [6, 6.07) is 19.9. The highest BCUT2D eigenvalue weighted by atomic mass is 32.2. The molecule has 0 aliphatic heterocycles. The van der Waals surface area contributed by atoms with Gasteiger partial charge in [0.2, 0.25) is 0 Å². The van der Waals surface area contributed by atoms with Crippen molar-refractivity contribution in [3.8, 4) is 0 Å². The minimum Gasteiger partial charge on any atom is -0.380 e. The molecule has 0 amide bonds. The van der Waals surface area contributed by atoms with Gasteiger partial charge in [-0.1, -0.05) is 97.1 Å². The number of hydrogen-bond acceptors (Lipinski definition) is 3. The first-order valence-electron chi connectivity index (χ1n) is 11.0. The molecule has 4 rings (SSSR count). The van der Waals surface area contributed by atoms with Gasteiger partial charge >= 0.3 is 0 Å². The van der Waals surface area contributed by atoms with Crippen LogP contribution in [0.25, 0.3) is 0 Å². The molecule has 0 bridgehead atoms. The first kappa shape index (κ1) is 21.9. The van der Waals surface area contributed by atoms with Gasteiger partial charge in [-0.2, -0.15) is 11.8 Å². The van der Waals surface area contributed by atoms with Crippen LogP contribution >= 0.6 is 11.8 Å². The van der Waals surface area contributed by atoms with Crippen molar-refractivity contribution in [1.82, 2.24) is 0 Å². The van der Waals surface area contributed by atoms with E-state index >= 15 is 0 Å². The Bertz CT molecular complexity index is 884. The molecule has 0 aromatic heterocycles. The van der Waals surface area contributed by atoms with E-state index in [1.807, 2.05) is 109 Å². The molecule has 160 valence electrons.